The lowest BCUT2D eigenvalue weighted by atomic mass is 10.0. The summed E-state index contributed by atoms with van der Waals surface area (Å²) in [5, 5.41) is 2.85. The lowest BCUT2D eigenvalue weighted by Gasteiger charge is -2.19. The number of alkyl halides is 6. The number of likely N-dealkylation sites (N-methyl/N-ethyl adjacent to an activating group) is 2. The maximum atomic E-state index is 12.7. The zero-order chi connectivity index (χ0) is 16.3. The Labute approximate surface area is 130 Å². The third kappa shape index (κ3) is 6.41. The number of hydrogen-bond acceptors (Lipinski definition) is 2. The van der Waals surface area contributed by atoms with Crippen LogP contribution in [0.1, 0.15) is 16.7 Å². The summed E-state index contributed by atoms with van der Waals surface area (Å²) in [5.74, 6) is 0. The van der Waals surface area contributed by atoms with Crippen molar-refractivity contribution in [3.63, 3.8) is 0 Å². The second-order valence-corrected chi connectivity index (χ2v) is 4.76. The largest absolute Gasteiger partial charge is 0.416 e. The Morgan fingerprint density at radius 2 is 1.41 bits per heavy atom. The fraction of sp³-hybridized carbons (Fsp3) is 0.538. The minimum Gasteiger partial charge on any atom is -0.318 e. The first-order valence-electron chi connectivity index (χ1n) is 6.15. The summed E-state index contributed by atoms with van der Waals surface area (Å²) in [6, 6.07) is 1.65. The van der Waals surface area contributed by atoms with E-state index in [0.29, 0.717) is 13.1 Å². The molecule has 0 aliphatic heterocycles. The molecular weight excluding hydrogens is 334 g/mol. The number of benzene rings is 1. The molecule has 0 aliphatic carbocycles. The van der Waals surface area contributed by atoms with Crippen LogP contribution in [-0.4, -0.2) is 32.1 Å². The molecule has 0 bridgehead atoms. The average Bonchev–Trinajstić information content (AvgIpc) is 2.34. The highest BCUT2D eigenvalue weighted by atomic mass is 35.5. The molecule has 128 valence electrons. The van der Waals surface area contributed by atoms with Crippen LogP contribution >= 0.6 is 12.4 Å². The highest BCUT2D eigenvalue weighted by Crippen LogP contribution is 2.36. The van der Waals surface area contributed by atoms with Crippen molar-refractivity contribution in [2.45, 2.75) is 18.9 Å². The van der Waals surface area contributed by atoms with Gasteiger partial charge in [0, 0.05) is 19.6 Å². The van der Waals surface area contributed by atoms with Crippen LogP contribution in [0.25, 0.3) is 0 Å². The summed E-state index contributed by atoms with van der Waals surface area (Å²) in [6.45, 7) is 1.10. The Bertz CT molecular complexity index is 440. The predicted octanol–water partition coefficient (Wildman–Crippen LogP) is 3.80. The van der Waals surface area contributed by atoms with Crippen molar-refractivity contribution in [3.8, 4) is 0 Å². The minimum atomic E-state index is -4.81. The summed E-state index contributed by atoms with van der Waals surface area (Å²) in [7, 11) is 3.34. The zero-order valence-electron chi connectivity index (χ0n) is 12.0. The number of halogens is 7. The molecule has 0 atom stereocenters. The summed E-state index contributed by atoms with van der Waals surface area (Å²) in [5.41, 5.74) is -2.58. The van der Waals surface area contributed by atoms with Crippen LogP contribution < -0.4 is 5.32 Å². The van der Waals surface area contributed by atoms with Crippen LogP contribution in [0.15, 0.2) is 18.2 Å². The van der Waals surface area contributed by atoms with Gasteiger partial charge >= 0.3 is 12.4 Å². The fourth-order valence-corrected chi connectivity index (χ4v) is 1.80. The topological polar surface area (TPSA) is 15.3 Å². The van der Waals surface area contributed by atoms with Crippen LogP contribution in [0, 0.1) is 0 Å². The molecule has 0 aromatic heterocycles. The Kier molecular flexibility index (Phi) is 7.67. The number of hydrogen-bond donors (Lipinski definition) is 1. The third-order valence-corrected chi connectivity index (χ3v) is 2.84. The standard InChI is InChI=1S/C13H16F6N2.ClH/c1-20-3-4-21(2)8-9-5-10(12(14,15)16)7-11(6-9)13(17,18)19;/h5-7,20H,3-4,8H2,1-2H3;1H. The molecule has 1 rings (SSSR count). The van der Waals surface area contributed by atoms with Crippen molar-refractivity contribution in [3.05, 3.63) is 34.9 Å². The first-order chi connectivity index (χ1) is 9.54. The maximum Gasteiger partial charge on any atom is 0.416 e. The van der Waals surface area contributed by atoms with Gasteiger partial charge in [-0.3, -0.25) is 0 Å². The van der Waals surface area contributed by atoms with E-state index in [-0.39, 0.29) is 30.6 Å². The molecule has 0 saturated heterocycles. The van der Waals surface area contributed by atoms with Crippen molar-refractivity contribution in [1.82, 2.24) is 10.2 Å². The van der Waals surface area contributed by atoms with E-state index in [1.807, 2.05) is 0 Å². The molecule has 0 spiro atoms. The second kappa shape index (κ2) is 8.03. The van der Waals surface area contributed by atoms with Crippen molar-refractivity contribution in [2.24, 2.45) is 0 Å². The fourth-order valence-electron chi connectivity index (χ4n) is 1.80. The van der Waals surface area contributed by atoms with Crippen molar-refractivity contribution in [2.75, 3.05) is 27.2 Å². The van der Waals surface area contributed by atoms with E-state index in [2.05, 4.69) is 5.32 Å². The van der Waals surface area contributed by atoms with E-state index in [0.717, 1.165) is 12.1 Å². The van der Waals surface area contributed by atoms with Crippen LogP contribution in [0.4, 0.5) is 26.3 Å². The molecule has 0 heterocycles. The van der Waals surface area contributed by atoms with E-state index in [1.165, 1.54) is 0 Å². The number of nitrogens with zero attached hydrogens (tertiary/aromatic N) is 1. The van der Waals surface area contributed by atoms with Gasteiger partial charge in [-0.15, -0.1) is 12.4 Å². The molecular formula is C13H17ClF6N2. The average molecular weight is 351 g/mol. The monoisotopic (exact) mass is 350 g/mol. The summed E-state index contributed by atoms with van der Waals surface area (Å²) >= 11 is 0. The van der Waals surface area contributed by atoms with Gasteiger partial charge in [-0.05, 0) is 37.9 Å². The van der Waals surface area contributed by atoms with Gasteiger partial charge < -0.3 is 10.2 Å². The Balaban J connectivity index is 0.00000441. The molecule has 0 saturated carbocycles. The van der Waals surface area contributed by atoms with E-state index < -0.39 is 23.5 Å². The Morgan fingerprint density at radius 1 is 0.955 bits per heavy atom. The molecule has 2 nitrogen and oxygen atoms in total. The van der Waals surface area contributed by atoms with Gasteiger partial charge in [0.25, 0.3) is 0 Å². The zero-order valence-corrected chi connectivity index (χ0v) is 12.8. The molecule has 0 unspecified atom stereocenters. The van der Waals surface area contributed by atoms with Crippen molar-refractivity contribution >= 4 is 12.4 Å². The van der Waals surface area contributed by atoms with E-state index in [1.54, 1.807) is 19.0 Å². The van der Waals surface area contributed by atoms with Gasteiger partial charge in [0.1, 0.15) is 0 Å². The summed E-state index contributed by atoms with van der Waals surface area (Å²) in [4.78, 5) is 1.64. The lowest BCUT2D eigenvalue weighted by molar-refractivity contribution is -0.143. The maximum absolute atomic E-state index is 12.7. The van der Waals surface area contributed by atoms with Crippen LogP contribution in [0.5, 0.6) is 0 Å². The van der Waals surface area contributed by atoms with Gasteiger partial charge in [0.05, 0.1) is 11.1 Å². The molecule has 9 heteroatoms. The minimum absolute atomic E-state index is 0. The van der Waals surface area contributed by atoms with Gasteiger partial charge in [0.2, 0.25) is 0 Å². The van der Waals surface area contributed by atoms with Crippen LogP contribution in [0.2, 0.25) is 0 Å². The lowest BCUT2D eigenvalue weighted by Crippen LogP contribution is -2.27. The summed E-state index contributed by atoms with van der Waals surface area (Å²) in [6.07, 6.45) is -9.61. The molecule has 1 aromatic rings. The van der Waals surface area contributed by atoms with E-state index in [4.69, 9.17) is 0 Å². The normalized spacial score (nSPS) is 12.4. The van der Waals surface area contributed by atoms with Gasteiger partial charge in [-0.1, -0.05) is 0 Å². The van der Waals surface area contributed by atoms with E-state index >= 15 is 0 Å². The van der Waals surface area contributed by atoms with Crippen LogP contribution in [0.3, 0.4) is 0 Å². The molecule has 0 aliphatic rings. The first kappa shape index (κ1) is 21.0. The van der Waals surface area contributed by atoms with E-state index in [9.17, 15) is 26.3 Å². The second-order valence-electron chi connectivity index (χ2n) is 4.76. The van der Waals surface area contributed by atoms with Gasteiger partial charge in [-0.2, -0.15) is 26.3 Å². The quantitative estimate of drug-likeness (QED) is 0.813. The summed E-state index contributed by atoms with van der Waals surface area (Å²) < 4.78 is 76.1. The van der Waals surface area contributed by atoms with Crippen molar-refractivity contribution < 1.29 is 26.3 Å². The SMILES string of the molecule is CNCCN(C)Cc1cc(C(F)(F)F)cc(C(F)(F)F)c1.Cl. The van der Waals surface area contributed by atoms with Gasteiger partial charge in [-0.25, -0.2) is 0 Å². The van der Waals surface area contributed by atoms with Crippen molar-refractivity contribution in [1.29, 1.82) is 0 Å². The predicted molar refractivity (Wildman–Crippen MR) is 74.0 cm³/mol. The molecule has 0 radical (unpaired) electrons. The van der Waals surface area contributed by atoms with Crippen LogP contribution in [-0.2, 0) is 18.9 Å². The highest BCUT2D eigenvalue weighted by molar-refractivity contribution is 5.85. The first-order valence-corrected chi connectivity index (χ1v) is 6.15. The molecule has 0 fully saturated rings. The van der Waals surface area contributed by atoms with Gasteiger partial charge in [0.15, 0.2) is 0 Å². The molecule has 22 heavy (non-hydrogen) atoms. The highest BCUT2D eigenvalue weighted by Gasteiger charge is 2.36. The Hall–Kier alpha value is -0.990. The third-order valence-electron chi connectivity index (χ3n) is 2.84. The molecule has 0 amide bonds. The number of nitrogens with one attached hydrogen (secondary N) is 1. The molecule has 1 aromatic carbocycles. The number of rotatable bonds is 5. The Morgan fingerprint density at radius 3 is 1.77 bits per heavy atom. The smallest absolute Gasteiger partial charge is 0.318 e. The molecule has 1 N–H and O–H groups in total.